The fourth-order valence-electron chi connectivity index (χ4n) is 3.22. The Morgan fingerprint density at radius 2 is 2.27 bits per heavy atom. The van der Waals surface area contributed by atoms with Crippen molar-refractivity contribution in [1.82, 2.24) is 4.90 Å². The summed E-state index contributed by atoms with van der Waals surface area (Å²) in [5.41, 5.74) is 6.41. The first-order valence-corrected chi connectivity index (χ1v) is 7.28. The molecule has 0 radical (unpaired) electrons. The van der Waals surface area contributed by atoms with Crippen LogP contribution in [0.25, 0.3) is 0 Å². The van der Waals surface area contributed by atoms with E-state index in [-0.39, 0.29) is 0 Å². The fourth-order valence-corrected chi connectivity index (χ4v) is 4.23. The van der Waals surface area contributed by atoms with Gasteiger partial charge in [0.05, 0.1) is 0 Å². The molecule has 2 N–H and O–H groups in total. The van der Waals surface area contributed by atoms with Gasteiger partial charge in [-0.2, -0.15) is 11.8 Å². The fraction of sp³-hybridized carbons (Fsp3) is 1.00. The summed E-state index contributed by atoms with van der Waals surface area (Å²) in [5, 5.41) is 0.790. The van der Waals surface area contributed by atoms with Gasteiger partial charge < -0.3 is 5.73 Å². The topological polar surface area (TPSA) is 29.3 Å². The Labute approximate surface area is 98.0 Å². The van der Waals surface area contributed by atoms with Crippen LogP contribution in [-0.4, -0.2) is 41.1 Å². The predicted molar refractivity (Wildman–Crippen MR) is 68.3 cm³/mol. The molecule has 2 aliphatic rings. The number of thioether (sulfide) groups is 1. The molecule has 1 saturated heterocycles. The first-order valence-electron chi connectivity index (χ1n) is 6.23. The van der Waals surface area contributed by atoms with Gasteiger partial charge in [0.15, 0.2) is 0 Å². The zero-order valence-corrected chi connectivity index (χ0v) is 10.9. The summed E-state index contributed by atoms with van der Waals surface area (Å²) in [6.45, 7) is 8.07. The van der Waals surface area contributed by atoms with Crippen molar-refractivity contribution in [3.63, 3.8) is 0 Å². The number of rotatable bonds is 2. The summed E-state index contributed by atoms with van der Waals surface area (Å²) in [6, 6.07) is 0. The number of hydrogen-bond donors (Lipinski definition) is 1. The van der Waals surface area contributed by atoms with Crippen LogP contribution in [0.3, 0.4) is 0 Å². The van der Waals surface area contributed by atoms with E-state index in [1.165, 1.54) is 38.1 Å². The van der Waals surface area contributed by atoms with Crippen molar-refractivity contribution in [2.75, 3.05) is 25.4 Å². The van der Waals surface area contributed by atoms with Gasteiger partial charge in [0.2, 0.25) is 0 Å². The Balaban J connectivity index is 2.05. The van der Waals surface area contributed by atoms with Crippen molar-refractivity contribution in [3.05, 3.63) is 0 Å². The average Bonchev–Trinajstić information content (AvgIpc) is 2.61. The van der Waals surface area contributed by atoms with Crippen LogP contribution in [0.5, 0.6) is 0 Å². The number of nitrogens with zero attached hydrogens (tertiary/aromatic N) is 1. The maximum absolute atomic E-state index is 6.06. The monoisotopic (exact) mass is 228 g/mol. The van der Waals surface area contributed by atoms with Gasteiger partial charge in [-0.25, -0.2) is 0 Å². The van der Waals surface area contributed by atoms with Gasteiger partial charge in [-0.1, -0.05) is 13.8 Å². The Hall–Kier alpha value is 0.270. The molecule has 3 heteroatoms. The summed E-state index contributed by atoms with van der Waals surface area (Å²) in [4.78, 5) is 2.69. The summed E-state index contributed by atoms with van der Waals surface area (Å²) >= 11 is 2.11. The van der Waals surface area contributed by atoms with Gasteiger partial charge in [-0.3, -0.25) is 4.90 Å². The summed E-state index contributed by atoms with van der Waals surface area (Å²) in [5.74, 6) is 2.16. The maximum Gasteiger partial charge on any atom is 0.0335 e. The van der Waals surface area contributed by atoms with Crippen LogP contribution in [0.2, 0.25) is 0 Å². The molecular weight excluding hydrogens is 204 g/mol. The number of hydrogen-bond acceptors (Lipinski definition) is 3. The zero-order valence-electron chi connectivity index (χ0n) is 10.0. The van der Waals surface area contributed by atoms with Gasteiger partial charge in [-0.05, 0) is 25.2 Å². The normalized spacial score (nSPS) is 43.4. The quantitative estimate of drug-likeness (QED) is 0.783. The van der Waals surface area contributed by atoms with Crippen molar-refractivity contribution >= 4 is 11.8 Å². The lowest BCUT2D eigenvalue weighted by atomic mass is 9.93. The second-order valence-corrected chi connectivity index (χ2v) is 6.95. The molecule has 0 aromatic carbocycles. The first-order chi connectivity index (χ1) is 7.16. The van der Waals surface area contributed by atoms with Crippen molar-refractivity contribution in [2.45, 2.75) is 43.9 Å². The predicted octanol–water partition coefficient (Wildman–Crippen LogP) is 1.94. The van der Waals surface area contributed by atoms with E-state index in [0.717, 1.165) is 17.7 Å². The van der Waals surface area contributed by atoms with E-state index >= 15 is 0 Å². The maximum atomic E-state index is 6.06. The lowest BCUT2D eigenvalue weighted by Crippen LogP contribution is -2.56. The second kappa shape index (κ2) is 4.64. The zero-order chi connectivity index (χ0) is 10.9. The van der Waals surface area contributed by atoms with E-state index in [0.29, 0.717) is 5.54 Å². The third kappa shape index (κ3) is 2.34. The molecule has 1 aliphatic carbocycles. The van der Waals surface area contributed by atoms with Crippen LogP contribution in [0.1, 0.15) is 33.1 Å². The molecule has 0 aromatic heterocycles. The third-order valence-electron chi connectivity index (χ3n) is 4.12. The molecule has 15 heavy (non-hydrogen) atoms. The van der Waals surface area contributed by atoms with Gasteiger partial charge in [-0.15, -0.1) is 0 Å². The molecule has 2 rings (SSSR count). The molecule has 1 aliphatic heterocycles. The highest BCUT2D eigenvalue weighted by Crippen LogP contribution is 2.40. The molecule has 3 unspecified atom stereocenters. The van der Waals surface area contributed by atoms with Crippen LogP contribution in [0.15, 0.2) is 0 Å². The lowest BCUT2D eigenvalue weighted by molar-refractivity contribution is 0.101. The first kappa shape index (κ1) is 11.7. The largest absolute Gasteiger partial charge is 0.329 e. The van der Waals surface area contributed by atoms with Crippen molar-refractivity contribution < 1.29 is 0 Å². The van der Waals surface area contributed by atoms with Gasteiger partial charge in [0, 0.05) is 36.2 Å². The highest BCUT2D eigenvalue weighted by atomic mass is 32.2. The van der Waals surface area contributed by atoms with Crippen LogP contribution in [0.4, 0.5) is 0 Å². The standard InChI is InChI=1S/C12H24N2S/c1-10-3-4-12(7-10,9-13)14-5-6-15-11(2)8-14/h10-11H,3-9,13H2,1-2H3. The van der Waals surface area contributed by atoms with E-state index in [9.17, 15) is 0 Å². The van der Waals surface area contributed by atoms with Crippen LogP contribution < -0.4 is 5.73 Å². The van der Waals surface area contributed by atoms with Crippen molar-refractivity contribution in [3.8, 4) is 0 Å². The smallest absolute Gasteiger partial charge is 0.0335 e. The second-order valence-electron chi connectivity index (χ2n) is 5.40. The molecule has 1 saturated carbocycles. The highest BCUT2D eigenvalue weighted by molar-refractivity contribution is 7.99. The molecule has 2 nitrogen and oxygen atoms in total. The van der Waals surface area contributed by atoms with E-state index in [1.54, 1.807) is 0 Å². The SMILES string of the molecule is CC1CCC(CN)(N2CCSC(C)C2)C1. The molecule has 88 valence electrons. The van der Waals surface area contributed by atoms with Gasteiger partial charge in [0.25, 0.3) is 0 Å². The Morgan fingerprint density at radius 1 is 1.47 bits per heavy atom. The summed E-state index contributed by atoms with van der Waals surface area (Å²) < 4.78 is 0. The summed E-state index contributed by atoms with van der Waals surface area (Å²) in [6.07, 6.45) is 4.01. The molecule has 3 atom stereocenters. The van der Waals surface area contributed by atoms with E-state index in [4.69, 9.17) is 5.73 Å². The minimum absolute atomic E-state index is 0.356. The van der Waals surface area contributed by atoms with Crippen molar-refractivity contribution in [2.24, 2.45) is 11.7 Å². The van der Waals surface area contributed by atoms with Gasteiger partial charge in [0.1, 0.15) is 0 Å². The molecule has 1 heterocycles. The van der Waals surface area contributed by atoms with E-state index in [1.807, 2.05) is 0 Å². The molecule has 0 aromatic rings. The molecular formula is C12H24N2S. The van der Waals surface area contributed by atoms with Crippen molar-refractivity contribution in [1.29, 1.82) is 0 Å². The lowest BCUT2D eigenvalue weighted by Gasteiger charge is -2.44. The van der Waals surface area contributed by atoms with E-state index < -0.39 is 0 Å². The Bertz CT molecular complexity index is 222. The Morgan fingerprint density at radius 3 is 2.80 bits per heavy atom. The van der Waals surface area contributed by atoms with Crippen LogP contribution >= 0.6 is 11.8 Å². The molecule has 0 spiro atoms. The minimum atomic E-state index is 0.356. The van der Waals surface area contributed by atoms with Crippen LogP contribution in [-0.2, 0) is 0 Å². The summed E-state index contributed by atoms with van der Waals surface area (Å²) in [7, 11) is 0. The number of nitrogens with two attached hydrogens (primary N) is 1. The molecule has 0 amide bonds. The highest BCUT2D eigenvalue weighted by Gasteiger charge is 2.42. The molecule has 0 bridgehead atoms. The average molecular weight is 228 g/mol. The van der Waals surface area contributed by atoms with E-state index in [2.05, 4.69) is 30.5 Å². The minimum Gasteiger partial charge on any atom is -0.329 e. The van der Waals surface area contributed by atoms with Gasteiger partial charge >= 0.3 is 0 Å². The third-order valence-corrected chi connectivity index (χ3v) is 5.26. The molecule has 2 fully saturated rings. The Kier molecular flexibility index (Phi) is 3.63. The van der Waals surface area contributed by atoms with Crippen LogP contribution in [0, 0.1) is 5.92 Å².